The fraction of sp³-hybridized carbons (Fsp3) is 0.143. The van der Waals surface area contributed by atoms with Crippen LogP contribution in [-0.2, 0) is 9.13 Å². The summed E-state index contributed by atoms with van der Waals surface area (Å²) in [7, 11) is -8.58. The zero-order chi connectivity index (χ0) is 13.4. The number of hydrogen-bond donors (Lipinski definition) is 5. The number of aromatic hydroxyl groups is 1. The van der Waals surface area contributed by atoms with Gasteiger partial charge in [0.25, 0.3) is 0 Å². The number of phenolic OH excluding ortho intramolecular Hbond substituents is 1. The second kappa shape index (κ2) is 4.42. The fourth-order valence-corrected chi connectivity index (χ4v) is 2.61. The van der Waals surface area contributed by atoms with Crippen LogP contribution in [0.3, 0.4) is 0 Å². The van der Waals surface area contributed by atoms with Crippen molar-refractivity contribution >= 4 is 25.8 Å². The van der Waals surface area contributed by atoms with E-state index in [0.717, 1.165) is 19.2 Å². The minimum atomic E-state index is -4.87. The van der Waals surface area contributed by atoms with E-state index in [1.54, 1.807) is 0 Å². The van der Waals surface area contributed by atoms with Gasteiger partial charge in [0.15, 0.2) is 0 Å². The van der Waals surface area contributed by atoms with Crippen molar-refractivity contribution in [2.45, 2.75) is 0 Å². The van der Waals surface area contributed by atoms with Gasteiger partial charge in [0, 0.05) is 0 Å². The molecule has 1 aromatic carbocycles. The summed E-state index contributed by atoms with van der Waals surface area (Å²) >= 11 is 0. The van der Waals surface area contributed by atoms with E-state index in [-0.39, 0.29) is 5.75 Å². The van der Waals surface area contributed by atoms with Gasteiger partial charge in [-0.1, -0.05) is 0 Å². The van der Waals surface area contributed by atoms with Crippen LogP contribution in [0.4, 0.5) is 0 Å². The number of phenols is 1. The predicted octanol–water partition coefficient (Wildman–Crippen LogP) is -0.993. The molecular weight excluding hydrogens is 274 g/mol. The van der Waals surface area contributed by atoms with Crippen molar-refractivity contribution in [3.05, 3.63) is 12.1 Å². The third kappa shape index (κ3) is 3.07. The molecule has 0 aliphatic rings. The average molecular weight is 284 g/mol. The maximum Gasteiger partial charge on any atom is 0.360 e. The third-order valence-electron chi connectivity index (χ3n) is 1.91. The first-order valence-corrected chi connectivity index (χ1v) is 7.33. The van der Waals surface area contributed by atoms with E-state index < -0.39 is 31.6 Å². The molecule has 5 N–H and O–H groups in total. The van der Waals surface area contributed by atoms with E-state index in [0.29, 0.717) is 0 Å². The normalized spacial score (nSPS) is 12.5. The minimum absolute atomic E-state index is 0.181. The Balaban J connectivity index is 3.65. The standard InChI is InChI=1S/C7H10O8P2/c1-15-4-2-5(16(9,10)11)7(8)6(3-4)17(12,13)14/h2-3,8H,1H3,(H2,9,10,11)(H2,12,13,14). The highest BCUT2D eigenvalue weighted by Crippen LogP contribution is 2.43. The first-order chi connectivity index (χ1) is 7.57. The highest BCUT2D eigenvalue weighted by molar-refractivity contribution is 7.62. The number of ether oxygens (including phenoxy) is 1. The zero-order valence-corrected chi connectivity index (χ0v) is 10.3. The van der Waals surface area contributed by atoms with E-state index in [2.05, 4.69) is 4.74 Å². The van der Waals surface area contributed by atoms with Crippen LogP contribution in [0, 0.1) is 0 Å². The molecule has 0 bridgehead atoms. The largest absolute Gasteiger partial charge is 0.506 e. The molecule has 0 heterocycles. The van der Waals surface area contributed by atoms with Gasteiger partial charge in [0.1, 0.15) is 22.1 Å². The lowest BCUT2D eigenvalue weighted by molar-refractivity contribution is 0.380. The molecule has 17 heavy (non-hydrogen) atoms. The van der Waals surface area contributed by atoms with Gasteiger partial charge in [-0.25, -0.2) is 0 Å². The second-order valence-electron chi connectivity index (χ2n) is 3.10. The van der Waals surface area contributed by atoms with Crippen LogP contribution in [0.25, 0.3) is 0 Å². The van der Waals surface area contributed by atoms with Crippen LogP contribution in [0.15, 0.2) is 12.1 Å². The molecule has 0 atom stereocenters. The molecule has 1 rings (SSSR count). The molecule has 1 aromatic rings. The minimum Gasteiger partial charge on any atom is -0.506 e. The molecule has 96 valence electrons. The van der Waals surface area contributed by atoms with Gasteiger partial charge in [-0.05, 0) is 12.1 Å². The van der Waals surface area contributed by atoms with E-state index in [4.69, 9.17) is 19.6 Å². The summed E-state index contributed by atoms with van der Waals surface area (Å²) in [5, 5.41) is 7.65. The lowest BCUT2D eigenvalue weighted by Gasteiger charge is -2.13. The van der Waals surface area contributed by atoms with Gasteiger partial charge in [0.2, 0.25) is 0 Å². The highest BCUT2D eigenvalue weighted by atomic mass is 31.2. The molecule has 0 aromatic heterocycles. The van der Waals surface area contributed by atoms with Gasteiger partial charge in [-0.15, -0.1) is 0 Å². The van der Waals surface area contributed by atoms with Crippen LogP contribution in [0.5, 0.6) is 11.5 Å². The van der Waals surface area contributed by atoms with Crippen LogP contribution < -0.4 is 15.3 Å². The Morgan fingerprint density at radius 3 is 1.59 bits per heavy atom. The maximum absolute atomic E-state index is 11.0. The van der Waals surface area contributed by atoms with Gasteiger partial charge >= 0.3 is 15.2 Å². The molecule has 0 unspecified atom stereocenters. The molecule has 0 saturated carbocycles. The Morgan fingerprint density at radius 2 is 1.35 bits per heavy atom. The summed E-state index contributed by atoms with van der Waals surface area (Å²) in [6.07, 6.45) is 0. The molecular formula is C7H10O8P2. The Kier molecular flexibility index (Phi) is 3.69. The van der Waals surface area contributed by atoms with Crippen LogP contribution in [-0.4, -0.2) is 31.8 Å². The first kappa shape index (κ1) is 14.2. The summed E-state index contributed by atoms with van der Waals surface area (Å²) in [6.45, 7) is 0. The molecule has 0 aliphatic heterocycles. The monoisotopic (exact) mass is 284 g/mol. The molecule has 0 spiro atoms. The van der Waals surface area contributed by atoms with Crippen molar-refractivity contribution in [2.24, 2.45) is 0 Å². The van der Waals surface area contributed by atoms with Gasteiger partial charge in [0.05, 0.1) is 7.11 Å². The summed E-state index contributed by atoms with van der Waals surface area (Å²) < 4.78 is 26.7. The zero-order valence-electron chi connectivity index (χ0n) is 8.51. The van der Waals surface area contributed by atoms with Crippen molar-refractivity contribution in [2.75, 3.05) is 7.11 Å². The highest BCUT2D eigenvalue weighted by Gasteiger charge is 2.31. The molecule has 0 saturated heterocycles. The van der Waals surface area contributed by atoms with Crippen LogP contribution in [0.1, 0.15) is 0 Å². The van der Waals surface area contributed by atoms with E-state index >= 15 is 0 Å². The maximum atomic E-state index is 11.0. The van der Waals surface area contributed by atoms with Gasteiger partial charge in [-0.2, -0.15) is 0 Å². The Hall–Kier alpha value is -0.880. The first-order valence-electron chi connectivity index (χ1n) is 4.10. The predicted molar refractivity (Wildman–Crippen MR) is 58.0 cm³/mol. The van der Waals surface area contributed by atoms with Gasteiger partial charge in [-0.3, -0.25) is 9.13 Å². The quantitative estimate of drug-likeness (QED) is 0.445. The number of hydrogen-bond acceptors (Lipinski definition) is 4. The SMILES string of the molecule is COc1cc(P(=O)(O)O)c(O)c(P(=O)(O)O)c1. The van der Waals surface area contributed by atoms with Crippen LogP contribution >= 0.6 is 15.2 Å². The number of rotatable bonds is 3. The van der Waals surface area contributed by atoms with Crippen molar-refractivity contribution in [1.29, 1.82) is 0 Å². The smallest absolute Gasteiger partial charge is 0.360 e. The van der Waals surface area contributed by atoms with Crippen molar-refractivity contribution < 1.29 is 38.5 Å². The molecule has 0 fully saturated rings. The van der Waals surface area contributed by atoms with Gasteiger partial charge < -0.3 is 29.4 Å². The Labute approximate surface area is 95.8 Å². The van der Waals surface area contributed by atoms with Crippen molar-refractivity contribution in [3.63, 3.8) is 0 Å². The van der Waals surface area contributed by atoms with E-state index in [9.17, 15) is 14.2 Å². The van der Waals surface area contributed by atoms with E-state index in [1.165, 1.54) is 0 Å². The number of benzene rings is 1. The Bertz CT molecular complexity index is 484. The lowest BCUT2D eigenvalue weighted by Crippen LogP contribution is -2.16. The molecule has 0 aliphatic carbocycles. The summed E-state index contributed by atoms with van der Waals surface area (Å²) in [4.78, 5) is 35.7. The van der Waals surface area contributed by atoms with Crippen LogP contribution in [0.2, 0.25) is 0 Å². The second-order valence-corrected chi connectivity index (χ2v) is 6.24. The Morgan fingerprint density at radius 1 is 1.00 bits per heavy atom. The lowest BCUT2D eigenvalue weighted by atomic mass is 10.3. The third-order valence-corrected chi connectivity index (χ3v) is 3.84. The van der Waals surface area contributed by atoms with E-state index in [1.807, 2.05) is 0 Å². The van der Waals surface area contributed by atoms with Crippen molar-refractivity contribution in [3.8, 4) is 11.5 Å². The molecule has 0 radical (unpaired) electrons. The number of methoxy groups -OCH3 is 1. The topological polar surface area (TPSA) is 145 Å². The average Bonchev–Trinajstić information content (AvgIpc) is 2.14. The fourth-order valence-electron chi connectivity index (χ4n) is 1.14. The molecule has 0 amide bonds. The van der Waals surface area contributed by atoms with Crippen molar-refractivity contribution in [1.82, 2.24) is 0 Å². The molecule has 10 heteroatoms. The summed E-state index contributed by atoms with van der Waals surface area (Å²) in [5.74, 6) is -1.31. The summed E-state index contributed by atoms with van der Waals surface area (Å²) in [5.41, 5.74) is 0. The molecule has 8 nitrogen and oxygen atoms in total. The summed E-state index contributed by atoms with van der Waals surface area (Å²) in [6, 6.07) is 1.63.